The zero-order valence-corrected chi connectivity index (χ0v) is 13.4. The van der Waals surface area contributed by atoms with E-state index in [0.717, 1.165) is 0 Å². The van der Waals surface area contributed by atoms with E-state index in [1.807, 2.05) is 0 Å². The van der Waals surface area contributed by atoms with Gasteiger partial charge in [0.1, 0.15) is 0 Å². The lowest BCUT2D eigenvalue weighted by Gasteiger charge is -2.34. The van der Waals surface area contributed by atoms with Crippen molar-refractivity contribution in [2.24, 2.45) is 0 Å². The quantitative estimate of drug-likeness (QED) is 0.795. The van der Waals surface area contributed by atoms with Crippen LogP contribution in [0.5, 0.6) is 0 Å². The van der Waals surface area contributed by atoms with Gasteiger partial charge in [-0.2, -0.15) is 0 Å². The lowest BCUT2D eigenvalue weighted by molar-refractivity contribution is -0.138. The molecule has 0 atom stereocenters. The van der Waals surface area contributed by atoms with Crippen molar-refractivity contribution in [2.45, 2.75) is 19.8 Å². The third kappa shape index (κ3) is 4.28. The van der Waals surface area contributed by atoms with E-state index >= 15 is 0 Å². The van der Waals surface area contributed by atoms with Gasteiger partial charge in [-0.05, 0) is 12.1 Å². The van der Waals surface area contributed by atoms with E-state index in [1.165, 1.54) is 18.3 Å². The van der Waals surface area contributed by atoms with E-state index in [2.05, 4.69) is 0 Å². The van der Waals surface area contributed by atoms with Gasteiger partial charge in [0, 0.05) is 45.9 Å². The zero-order chi connectivity index (χ0) is 15.4. The Morgan fingerprint density at radius 1 is 1.10 bits per heavy atom. The van der Waals surface area contributed by atoms with Gasteiger partial charge < -0.3 is 9.80 Å². The Hall–Kier alpha value is -1.40. The lowest BCUT2D eigenvalue weighted by Crippen LogP contribution is -2.50. The number of amides is 2. The minimum Gasteiger partial charge on any atom is -0.339 e. The van der Waals surface area contributed by atoms with Crippen LogP contribution in [0.25, 0.3) is 0 Å². The van der Waals surface area contributed by atoms with Crippen molar-refractivity contribution in [3.63, 3.8) is 0 Å². The highest BCUT2D eigenvalue weighted by Crippen LogP contribution is 2.23. The predicted molar refractivity (Wildman–Crippen MR) is 81.7 cm³/mol. The predicted octanol–water partition coefficient (Wildman–Crippen LogP) is 2.06. The first-order valence-corrected chi connectivity index (χ1v) is 7.98. The van der Waals surface area contributed by atoms with Gasteiger partial charge in [-0.25, -0.2) is 0 Å². The molecule has 0 saturated carbocycles. The summed E-state index contributed by atoms with van der Waals surface area (Å²) in [4.78, 5) is 39.2. The molecule has 1 fully saturated rings. The molecule has 1 aromatic rings. The highest BCUT2D eigenvalue weighted by Gasteiger charge is 2.22. The fourth-order valence-corrected chi connectivity index (χ4v) is 3.25. The number of rotatable bonds is 4. The molecule has 0 spiro atoms. The van der Waals surface area contributed by atoms with Crippen molar-refractivity contribution in [2.75, 3.05) is 26.2 Å². The second-order valence-corrected chi connectivity index (χ2v) is 6.63. The molecule has 2 rings (SSSR count). The van der Waals surface area contributed by atoms with Gasteiger partial charge in [-0.1, -0.05) is 11.6 Å². The first-order chi connectivity index (χ1) is 9.97. The third-order valence-corrected chi connectivity index (χ3v) is 4.76. The van der Waals surface area contributed by atoms with Crippen LogP contribution in [0.2, 0.25) is 4.34 Å². The van der Waals surface area contributed by atoms with E-state index in [-0.39, 0.29) is 30.4 Å². The highest BCUT2D eigenvalue weighted by atomic mass is 35.5. The molecule has 1 aliphatic rings. The van der Waals surface area contributed by atoms with Crippen molar-refractivity contribution in [1.29, 1.82) is 0 Å². The molecule has 1 aliphatic heterocycles. The van der Waals surface area contributed by atoms with Crippen LogP contribution in [-0.4, -0.2) is 53.6 Å². The van der Waals surface area contributed by atoms with Gasteiger partial charge in [0.2, 0.25) is 11.8 Å². The van der Waals surface area contributed by atoms with Gasteiger partial charge in [0.25, 0.3) is 0 Å². The molecule has 0 N–H and O–H groups in total. The summed E-state index contributed by atoms with van der Waals surface area (Å²) in [5, 5.41) is 0. The molecule has 0 aromatic carbocycles. The lowest BCUT2D eigenvalue weighted by atomic mass is 10.1. The van der Waals surface area contributed by atoms with Crippen LogP contribution < -0.4 is 0 Å². The zero-order valence-electron chi connectivity index (χ0n) is 11.8. The van der Waals surface area contributed by atoms with Gasteiger partial charge in [0.15, 0.2) is 5.78 Å². The molecule has 0 aliphatic carbocycles. The molecule has 114 valence electrons. The Labute approximate surface area is 132 Å². The average Bonchev–Trinajstić information content (AvgIpc) is 2.91. The third-order valence-electron chi connectivity index (χ3n) is 3.49. The normalized spacial score (nSPS) is 15.1. The van der Waals surface area contributed by atoms with Crippen molar-refractivity contribution >= 4 is 40.5 Å². The molecule has 5 nitrogen and oxygen atoms in total. The minimum atomic E-state index is -0.0531. The van der Waals surface area contributed by atoms with Gasteiger partial charge in [-0.3, -0.25) is 14.4 Å². The summed E-state index contributed by atoms with van der Waals surface area (Å²) in [5.41, 5.74) is 0. The number of halogens is 1. The topological polar surface area (TPSA) is 57.7 Å². The highest BCUT2D eigenvalue weighted by molar-refractivity contribution is 7.18. The molecule has 0 bridgehead atoms. The molecule has 0 unspecified atom stereocenters. The number of ketones is 1. The van der Waals surface area contributed by atoms with Crippen LogP contribution in [0.15, 0.2) is 12.1 Å². The van der Waals surface area contributed by atoms with E-state index in [9.17, 15) is 14.4 Å². The maximum absolute atomic E-state index is 12.1. The first-order valence-electron chi connectivity index (χ1n) is 6.79. The van der Waals surface area contributed by atoms with Crippen LogP contribution in [0.1, 0.15) is 29.4 Å². The summed E-state index contributed by atoms with van der Waals surface area (Å²) in [6.07, 6.45) is 0.400. The van der Waals surface area contributed by atoms with E-state index in [4.69, 9.17) is 11.6 Å². The molecular formula is C14H17ClN2O3S. The standard InChI is InChI=1S/C14H17ClN2O3S/c1-10(18)16-6-8-17(9-7-16)14(20)5-2-11(19)12-3-4-13(15)21-12/h3-4H,2,5-9H2,1H3. The molecule has 0 radical (unpaired) electrons. The maximum Gasteiger partial charge on any atom is 0.223 e. The molecule has 7 heteroatoms. The molecule has 1 aromatic heterocycles. The van der Waals surface area contributed by atoms with Crippen LogP contribution in [-0.2, 0) is 9.59 Å². The van der Waals surface area contributed by atoms with Crippen LogP contribution in [0.3, 0.4) is 0 Å². The number of nitrogens with zero attached hydrogens (tertiary/aromatic N) is 2. The number of Topliss-reactive ketones (excluding diaryl/α,β-unsaturated/α-hetero) is 1. The molecule has 21 heavy (non-hydrogen) atoms. The smallest absolute Gasteiger partial charge is 0.223 e. The number of hydrogen-bond donors (Lipinski definition) is 0. The Balaban J connectivity index is 1.78. The second-order valence-electron chi connectivity index (χ2n) is 4.91. The summed E-state index contributed by atoms with van der Waals surface area (Å²) in [6, 6.07) is 3.37. The average molecular weight is 329 g/mol. The molecule has 2 amide bonds. The SMILES string of the molecule is CC(=O)N1CCN(C(=O)CCC(=O)c2ccc(Cl)s2)CC1. The van der Waals surface area contributed by atoms with E-state index in [0.29, 0.717) is 35.4 Å². The number of thiophene rings is 1. The maximum atomic E-state index is 12.1. The van der Waals surface area contributed by atoms with Crippen molar-refractivity contribution in [3.8, 4) is 0 Å². The number of carbonyl (C=O) groups is 3. The van der Waals surface area contributed by atoms with E-state index < -0.39 is 0 Å². The number of piperazine rings is 1. The monoisotopic (exact) mass is 328 g/mol. The summed E-state index contributed by atoms with van der Waals surface area (Å²) in [6.45, 7) is 3.74. The summed E-state index contributed by atoms with van der Waals surface area (Å²) in [5.74, 6) is -0.0522. The number of carbonyl (C=O) groups excluding carboxylic acids is 3. The van der Waals surface area contributed by atoms with Crippen LogP contribution >= 0.6 is 22.9 Å². The number of hydrogen-bond acceptors (Lipinski definition) is 4. The summed E-state index contributed by atoms with van der Waals surface area (Å²) in [7, 11) is 0. The largest absolute Gasteiger partial charge is 0.339 e. The van der Waals surface area contributed by atoms with Crippen molar-refractivity contribution < 1.29 is 14.4 Å². The van der Waals surface area contributed by atoms with Gasteiger partial charge >= 0.3 is 0 Å². The Morgan fingerprint density at radius 3 is 2.24 bits per heavy atom. The van der Waals surface area contributed by atoms with Gasteiger partial charge in [0.05, 0.1) is 9.21 Å². The Morgan fingerprint density at radius 2 is 1.71 bits per heavy atom. The van der Waals surface area contributed by atoms with Crippen molar-refractivity contribution in [1.82, 2.24) is 9.80 Å². The van der Waals surface area contributed by atoms with Crippen molar-refractivity contribution in [3.05, 3.63) is 21.3 Å². The van der Waals surface area contributed by atoms with E-state index in [1.54, 1.807) is 21.9 Å². The molecule has 1 saturated heterocycles. The Kier molecular flexibility index (Phi) is 5.36. The molecular weight excluding hydrogens is 312 g/mol. The fourth-order valence-electron chi connectivity index (χ4n) is 2.24. The Bertz CT molecular complexity index is 550. The summed E-state index contributed by atoms with van der Waals surface area (Å²) < 4.78 is 0.574. The molecule has 2 heterocycles. The van der Waals surface area contributed by atoms with Crippen LogP contribution in [0.4, 0.5) is 0 Å². The van der Waals surface area contributed by atoms with Crippen LogP contribution in [0, 0.1) is 0 Å². The first kappa shape index (κ1) is 16.0. The van der Waals surface area contributed by atoms with Gasteiger partial charge in [-0.15, -0.1) is 11.3 Å². The summed E-state index contributed by atoms with van der Waals surface area (Å²) >= 11 is 7.02. The second kappa shape index (κ2) is 7.04. The minimum absolute atomic E-state index is 0.0331. The fraction of sp³-hybridized carbons (Fsp3) is 0.500.